The molecule has 3 aromatic rings. The van der Waals surface area contributed by atoms with Gasteiger partial charge in [-0.25, -0.2) is 10.1 Å². The summed E-state index contributed by atoms with van der Waals surface area (Å²) in [5.41, 5.74) is 4.84. The van der Waals surface area contributed by atoms with Crippen molar-refractivity contribution in [2.75, 3.05) is 29.4 Å². The van der Waals surface area contributed by atoms with E-state index in [4.69, 9.17) is 10.6 Å². The summed E-state index contributed by atoms with van der Waals surface area (Å²) in [5.74, 6) is 6.67. The Labute approximate surface area is 187 Å². The third-order valence-electron chi connectivity index (χ3n) is 4.19. The van der Waals surface area contributed by atoms with E-state index in [2.05, 4.69) is 26.0 Å². The number of nitro groups is 1. The second kappa shape index (κ2) is 10.3. The van der Waals surface area contributed by atoms with E-state index in [9.17, 15) is 14.9 Å². The number of thioether (sulfide) groups is 1. The largest absolute Gasteiger partial charge is 0.497 e. The molecular formula is C19H20N8O4S. The van der Waals surface area contributed by atoms with E-state index in [1.54, 1.807) is 31.4 Å². The Balaban J connectivity index is 1.53. The van der Waals surface area contributed by atoms with Gasteiger partial charge in [0.1, 0.15) is 5.75 Å². The van der Waals surface area contributed by atoms with Gasteiger partial charge in [-0.2, -0.15) is 5.10 Å². The van der Waals surface area contributed by atoms with Crippen LogP contribution in [0.2, 0.25) is 0 Å². The van der Waals surface area contributed by atoms with Crippen LogP contribution in [0, 0.1) is 17.0 Å². The highest BCUT2D eigenvalue weighted by Gasteiger charge is 2.13. The molecule has 13 heteroatoms. The van der Waals surface area contributed by atoms with Crippen LogP contribution in [0.15, 0.2) is 52.7 Å². The van der Waals surface area contributed by atoms with Crippen molar-refractivity contribution >= 4 is 41.2 Å². The molecule has 32 heavy (non-hydrogen) atoms. The average molecular weight is 456 g/mol. The van der Waals surface area contributed by atoms with E-state index >= 15 is 0 Å². The summed E-state index contributed by atoms with van der Waals surface area (Å²) in [6.07, 6.45) is 1.45. The number of anilines is 2. The van der Waals surface area contributed by atoms with Crippen molar-refractivity contribution in [3.05, 3.63) is 63.7 Å². The number of aryl methyl sites for hydroxylation is 1. The van der Waals surface area contributed by atoms with E-state index in [1.165, 1.54) is 23.0 Å². The minimum absolute atomic E-state index is 0.00957. The van der Waals surface area contributed by atoms with Gasteiger partial charge in [-0.15, -0.1) is 10.2 Å². The fourth-order valence-electron chi connectivity index (χ4n) is 2.52. The fourth-order valence-corrected chi connectivity index (χ4v) is 3.17. The number of carbonyl (C=O) groups excluding carboxylic acids is 1. The summed E-state index contributed by atoms with van der Waals surface area (Å²) in [6, 6.07) is 11.2. The number of non-ortho nitro benzene ring substituents is 1. The van der Waals surface area contributed by atoms with E-state index in [1.807, 2.05) is 13.0 Å². The van der Waals surface area contributed by atoms with Crippen molar-refractivity contribution < 1.29 is 14.5 Å². The zero-order valence-electron chi connectivity index (χ0n) is 17.2. The number of nitro benzene ring substituents is 1. The molecule has 0 spiro atoms. The number of amides is 1. The standard InChI is InChI=1S/C19H20N8O4S/c1-12-9-15(31-2)7-8-16(12)22-17(28)11-32-19-25-24-18(26(19)20)23-21-10-13-3-5-14(6-4-13)27(29)30/h3-10H,11,20H2,1-2H3,(H,22,28)(H,23,24)/b21-10+. The normalized spacial score (nSPS) is 10.8. The molecule has 0 aliphatic rings. The first-order valence-corrected chi connectivity index (χ1v) is 10.2. The number of hydrogen-bond acceptors (Lipinski definition) is 10. The van der Waals surface area contributed by atoms with Crippen molar-refractivity contribution in [1.82, 2.24) is 14.9 Å². The number of aromatic nitrogens is 3. The van der Waals surface area contributed by atoms with Crippen molar-refractivity contribution in [3.8, 4) is 5.75 Å². The molecule has 3 rings (SSSR count). The minimum Gasteiger partial charge on any atom is -0.497 e. The molecule has 0 atom stereocenters. The van der Waals surface area contributed by atoms with Gasteiger partial charge in [0.15, 0.2) is 0 Å². The van der Waals surface area contributed by atoms with Gasteiger partial charge in [-0.1, -0.05) is 11.8 Å². The summed E-state index contributed by atoms with van der Waals surface area (Å²) < 4.78 is 6.32. The maximum absolute atomic E-state index is 12.3. The predicted molar refractivity (Wildman–Crippen MR) is 122 cm³/mol. The van der Waals surface area contributed by atoms with Crippen LogP contribution < -0.4 is 21.3 Å². The fraction of sp³-hybridized carbons (Fsp3) is 0.158. The van der Waals surface area contributed by atoms with Crippen LogP contribution in [0.5, 0.6) is 5.75 Å². The number of carbonyl (C=O) groups is 1. The van der Waals surface area contributed by atoms with Crippen LogP contribution in [-0.4, -0.2) is 44.8 Å². The molecule has 2 aromatic carbocycles. The Hall–Kier alpha value is -4.13. The highest BCUT2D eigenvalue weighted by atomic mass is 32.2. The molecule has 0 fully saturated rings. The molecule has 1 amide bonds. The van der Waals surface area contributed by atoms with E-state index in [0.717, 1.165) is 17.3 Å². The molecule has 1 heterocycles. The number of hydrogen-bond donors (Lipinski definition) is 3. The van der Waals surface area contributed by atoms with Crippen molar-refractivity contribution in [2.24, 2.45) is 5.10 Å². The van der Waals surface area contributed by atoms with Gasteiger partial charge < -0.3 is 15.9 Å². The number of methoxy groups -OCH3 is 1. The molecule has 4 N–H and O–H groups in total. The summed E-state index contributed by atoms with van der Waals surface area (Å²) in [5, 5.41) is 25.6. The molecule has 0 bridgehead atoms. The van der Waals surface area contributed by atoms with Gasteiger partial charge in [-0.3, -0.25) is 14.9 Å². The first-order valence-electron chi connectivity index (χ1n) is 9.18. The lowest BCUT2D eigenvalue weighted by molar-refractivity contribution is -0.384. The quantitative estimate of drug-likeness (QED) is 0.144. The first-order chi connectivity index (χ1) is 15.4. The molecule has 0 aliphatic heterocycles. The molecule has 1 aromatic heterocycles. The minimum atomic E-state index is -0.478. The topological polar surface area (TPSA) is 163 Å². The number of nitrogen functional groups attached to an aromatic ring is 1. The van der Waals surface area contributed by atoms with Crippen LogP contribution in [0.4, 0.5) is 17.3 Å². The van der Waals surface area contributed by atoms with Gasteiger partial charge in [0.05, 0.1) is 24.0 Å². The summed E-state index contributed by atoms with van der Waals surface area (Å²) >= 11 is 1.11. The number of benzene rings is 2. The van der Waals surface area contributed by atoms with Gasteiger partial charge >= 0.3 is 0 Å². The molecule has 0 unspecified atom stereocenters. The van der Waals surface area contributed by atoms with Crippen LogP contribution in [-0.2, 0) is 4.79 Å². The predicted octanol–water partition coefficient (Wildman–Crippen LogP) is 2.39. The number of rotatable bonds is 9. The Morgan fingerprint density at radius 3 is 2.72 bits per heavy atom. The number of nitrogens with two attached hydrogens (primary N) is 1. The number of ether oxygens (including phenoxy) is 1. The molecule has 166 valence electrons. The molecule has 0 radical (unpaired) electrons. The second-order valence-electron chi connectivity index (χ2n) is 6.41. The molecule has 0 saturated carbocycles. The van der Waals surface area contributed by atoms with E-state index in [-0.39, 0.29) is 23.3 Å². The first kappa shape index (κ1) is 22.6. The van der Waals surface area contributed by atoms with E-state index in [0.29, 0.717) is 22.2 Å². The van der Waals surface area contributed by atoms with Gasteiger partial charge in [-0.05, 0) is 48.4 Å². The monoisotopic (exact) mass is 456 g/mol. The lowest BCUT2D eigenvalue weighted by Crippen LogP contribution is -2.17. The second-order valence-corrected chi connectivity index (χ2v) is 7.36. The SMILES string of the molecule is COc1ccc(NC(=O)CSc2nnc(N/N=C/c3ccc([N+](=O)[O-])cc3)n2N)c(C)c1. The van der Waals surface area contributed by atoms with Crippen LogP contribution in [0.3, 0.4) is 0 Å². The summed E-state index contributed by atoms with van der Waals surface area (Å²) in [6.45, 7) is 1.87. The Morgan fingerprint density at radius 2 is 2.06 bits per heavy atom. The van der Waals surface area contributed by atoms with Crippen LogP contribution in [0.1, 0.15) is 11.1 Å². The zero-order chi connectivity index (χ0) is 23.1. The lowest BCUT2D eigenvalue weighted by Gasteiger charge is -2.09. The Bertz CT molecular complexity index is 1150. The summed E-state index contributed by atoms with van der Waals surface area (Å²) in [4.78, 5) is 22.5. The Kier molecular flexibility index (Phi) is 7.23. The highest BCUT2D eigenvalue weighted by Crippen LogP contribution is 2.22. The molecule has 0 aliphatic carbocycles. The third-order valence-corrected chi connectivity index (χ3v) is 5.13. The van der Waals surface area contributed by atoms with Crippen molar-refractivity contribution in [2.45, 2.75) is 12.1 Å². The average Bonchev–Trinajstić information content (AvgIpc) is 3.13. The zero-order valence-corrected chi connectivity index (χ0v) is 18.0. The smallest absolute Gasteiger partial charge is 0.269 e. The van der Waals surface area contributed by atoms with Gasteiger partial charge in [0.25, 0.3) is 11.6 Å². The maximum Gasteiger partial charge on any atom is 0.269 e. The number of nitrogens with zero attached hydrogens (tertiary/aromatic N) is 5. The molecule has 12 nitrogen and oxygen atoms in total. The van der Waals surface area contributed by atoms with Gasteiger partial charge in [0.2, 0.25) is 11.1 Å². The number of hydrazone groups is 1. The van der Waals surface area contributed by atoms with Crippen LogP contribution in [0.25, 0.3) is 0 Å². The summed E-state index contributed by atoms with van der Waals surface area (Å²) in [7, 11) is 1.58. The van der Waals surface area contributed by atoms with E-state index < -0.39 is 4.92 Å². The van der Waals surface area contributed by atoms with Crippen molar-refractivity contribution in [3.63, 3.8) is 0 Å². The maximum atomic E-state index is 12.3. The van der Waals surface area contributed by atoms with Crippen molar-refractivity contribution in [1.29, 1.82) is 0 Å². The lowest BCUT2D eigenvalue weighted by atomic mass is 10.2. The van der Waals surface area contributed by atoms with Crippen LogP contribution >= 0.6 is 11.8 Å². The molecule has 0 saturated heterocycles. The van der Waals surface area contributed by atoms with Gasteiger partial charge in [0, 0.05) is 17.8 Å². The molecular weight excluding hydrogens is 436 g/mol. The number of nitrogens with one attached hydrogen (secondary N) is 2. The Morgan fingerprint density at radius 1 is 1.31 bits per heavy atom. The third kappa shape index (κ3) is 5.72. The highest BCUT2D eigenvalue weighted by molar-refractivity contribution is 7.99.